The molecule has 0 fully saturated rings. The van der Waals surface area contributed by atoms with Gasteiger partial charge in [0.15, 0.2) is 0 Å². The van der Waals surface area contributed by atoms with Gasteiger partial charge in [0.25, 0.3) is 17.9 Å². The molecule has 0 aromatic carbocycles. The second-order valence-corrected chi connectivity index (χ2v) is 1.56. The summed E-state index contributed by atoms with van der Waals surface area (Å²) in [6, 6.07) is 0. The summed E-state index contributed by atoms with van der Waals surface area (Å²) in [5.74, 6) is -2.50. The number of carboxylic acid groups (broad SMARTS) is 3. The molecule has 7 heteroatoms. The standard InChI is InChI=1S/3C2H4O2.Na.H/c3*1-2(3)4;;/h3*1H3,(H,3,4);;/q;;;+1;-1. The smallest absolute Gasteiger partial charge is 1.00 e. The van der Waals surface area contributed by atoms with Crippen LogP contribution in [-0.2, 0) is 14.4 Å². The molecule has 0 unspecified atom stereocenters. The van der Waals surface area contributed by atoms with E-state index in [1.165, 1.54) is 0 Å². The van der Waals surface area contributed by atoms with Crippen molar-refractivity contribution in [3.63, 3.8) is 0 Å². The average Bonchev–Trinajstić information content (AvgIpc) is 1.54. The van der Waals surface area contributed by atoms with E-state index < -0.39 is 17.9 Å². The Kier molecular flexibility index (Phi) is 30.7. The van der Waals surface area contributed by atoms with Crippen molar-refractivity contribution in [2.24, 2.45) is 0 Å². The summed E-state index contributed by atoms with van der Waals surface area (Å²) in [7, 11) is 0. The van der Waals surface area contributed by atoms with E-state index in [-0.39, 0.29) is 31.0 Å². The second-order valence-electron chi connectivity index (χ2n) is 1.56. The predicted molar refractivity (Wildman–Crippen MR) is 41.0 cm³/mol. The van der Waals surface area contributed by atoms with Crippen LogP contribution in [0.4, 0.5) is 0 Å². The van der Waals surface area contributed by atoms with Crippen molar-refractivity contribution in [2.75, 3.05) is 0 Å². The summed E-state index contributed by atoms with van der Waals surface area (Å²) in [4.78, 5) is 27.0. The van der Waals surface area contributed by atoms with Gasteiger partial charge < -0.3 is 16.7 Å². The van der Waals surface area contributed by atoms with Gasteiger partial charge in [-0.15, -0.1) is 0 Å². The van der Waals surface area contributed by atoms with Gasteiger partial charge in [0.05, 0.1) is 0 Å². The van der Waals surface area contributed by atoms with Gasteiger partial charge in [0, 0.05) is 20.8 Å². The number of hydrogen-bond acceptors (Lipinski definition) is 3. The maximum atomic E-state index is 9.00. The molecule has 0 aromatic rings. The van der Waals surface area contributed by atoms with Crippen molar-refractivity contribution in [2.45, 2.75) is 20.8 Å². The van der Waals surface area contributed by atoms with Crippen LogP contribution in [0.5, 0.6) is 0 Å². The van der Waals surface area contributed by atoms with Gasteiger partial charge in [-0.25, -0.2) is 0 Å². The summed E-state index contributed by atoms with van der Waals surface area (Å²) in [6.07, 6.45) is 0. The summed E-state index contributed by atoms with van der Waals surface area (Å²) in [6.45, 7) is 3.25. The molecule has 0 heterocycles. The zero-order valence-electron chi connectivity index (χ0n) is 9.07. The predicted octanol–water partition coefficient (Wildman–Crippen LogP) is -2.61. The first kappa shape index (κ1) is 22.8. The molecule has 13 heavy (non-hydrogen) atoms. The van der Waals surface area contributed by atoms with E-state index in [1.807, 2.05) is 0 Å². The monoisotopic (exact) mass is 204 g/mol. The van der Waals surface area contributed by atoms with Crippen LogP contribution < -0.4 is 29.6 Å². The molecule has 0 aliphatic carbocycles. The average molecular weight is 204 g/mol. The molecule has 0 atom stereocenters. The van der Waals surface area contributed by atoms with E-state index in [1.54, 1.807) is 0 Å². The van der Waals surface area contributed by atoms with Crippen molar-refractivity contribution in [1.82, 2.24) is 0 Å². The van der Waals surface area contributed by atoms with Crippen LogP contribution in [0.1, 0.15) is 22.2 Å². The molecule has 6 nitrogen and oxygen atoms in total. The Morgan fingerprint density at radius 3 is 0.769 bits per heavy atom. The molecule has 0 amide bonds. The van der Waals surface area contributed by atoms with E-state index in [4.69, 9.17) is 29.7 Å². The zero-order valence-corrected chi connectivity index (χ0v) is 10.1. The maximum absolute atomic E-state index is 9.00. The van der Waals surface area contributed by atoms with Crippen molar-refractivity contribution in [3.8, 4) is 0 Å². The fourth-order valence-electron chi connectivity index (χ4n) is 0. The van der Waals surface area contributed by atoms with Crippen LogP contribution in [0.2, 0.25) is 0 Å². The number of carbonyl (C=O) groups is 3. The van der Waals surface area contributed by atoms with Crippen LogP contribution >= 0.6 is 0 Å². The molecule has 0 saturated heterocycles. The third-order valence-corrected chi connectivity index (χ3v) is 0. The van der Waals surface area contributed by atoms with E-state index in [9.17, 15) is 0 Å². The van der Waals surface area contributed by atoms with E-state index in [0.717, 1.165) is 20.8 Å². The van der Waals surface area contributed by atoms with Gasteiger partial charge in [0.1, 0.15) is 0 Å². The third kappa shape index (κ3) is 2900. The Labute approximate surface area is 99.3 Å². The van der Waals surface area contributed by atoms with Gasteiger partial charge in [-0.2, -0.15) is 0 Å². The first-order valence-corrected chi connectivity index (χ1v) is 2.78. The molecule has 0 bridgehead atoms. The quantitative estimate of drug-likeness (QED) is 0.373. The van der Waals surface area contributed by atoms with Gasteiger partial charge in [0.2, 0.25) is 0 Å². The van der Waals surface area contributed by atoms with Crippen molar-refractivity contribution in [3.05, 3.63) is 0 Å². The molecule has 0 rings (SSSR count). The normalized spacial score (nSPS) is 5.77. The Balaban J connectivity index is -0.0000000270. The Morgan fingerprint density at radius 2 is 0.769 bits per heavy atom. The number of aliphatic carboxylic acids is 3. The third-order valence-electron chi connectivity index (χ3n) is 0. The number of rotatable bonds is 0. The van der Waals surface area contributed by atoms with Crippen molar-refractivity contribution < 1.29 is 60.7 Å². The number of hydrogen-bond donors (Lipinski definition) is 3. The molecule has 3 N–H and O–H groups in total. The van der Waals surface area contributed by atoms with Crippen LogP contribution in [0.25, 0.3) is 0 Å². The zero-order chi connectivity index (χ0) is 10.7. The second kappa shape index (κ2) is 17.5. The summed E-state index contributed by atoms with van der Waals surface area (Å²) >= 11 is 0. The van der Waals surface area contributed by atoms with Crippen molar-refractivity contribution in [1.29, 1.82) is 0 Å². The molecule has 0 aliphatic heterocycles. The first-order chi connectivity index (χ1) is 5.20. The van der Waals surface area contributed by atoms with Crippen LogP contribution in [0, 0.1) is 0 Å². The Bertz CT molecular complexity index is 120. The minimum Gasteiger partial charge on any atom is -1.00 e. The molecule has 74 valence electrons. The van der Waals surface area contributed by atoms with E-state index >= 15 is 0 Å². The fraction of sp³-hybridized carbons (Fsp3) is 0.500. The summed E-state index contributed by atoms with van der Waals surface area (Å²) in [5, 5.41) is 22.2. The van der Waals surface area contributed by atoms with Crippen LogP contribution in [0.15, 0.2) is 0 Å². The molecule has 0 aliphatic rings. The molecule has 0 radical (unpaired) electrons. The first-order valence-electron chi connectivity index (χ1n) is 2.78. The number of carboxylic acids is 3. The van der Waals surface area contributed by atoms with Gasteiger partial charge >= 0.3 is 29.6 Å². The Hall–Kier alpha value is -0.590. The maximum Gasteiger partial charge on any atom is 1.00 e. The minimum absolute atomic E-state index is 0. The minimum atomic E-state index is -0.833. The van der Waals surface area contributed by atoms with Gasteiger partial charge in [-0.05, 0) is 0 Å². The summed E-state index contributed by atoms with van der Waals surface area (Å²) < 4.78 is 0. The largest absolute Gasteiger partial charge is 1.00 e. The topological polar surface area (TPSA) is 112 Å². The molecular weight excluding hydrogens is 191 g/mol. The van der Waals surface area contributed by atoms with Crippen LogP contribution in [0.3, 0.4) is 0 Å². The molecule has 0 saturated carbocycles. The fourth-order valence-corrected chi connectivity index (χ4v) is 0. The van der Waals surface area contributed by atoms with Crippen LogP contribution in [-0.4, -0.2) is 33.2 Å². The van der Waals surface area contributed by atoms with Gasteiger partial charge in [-0.3, -0.25) is 14.4 Å². The SMILES string of the molecule is CC(=O)O.CC(=O)O.CC(=O)O.[H-].[Na+]. The summed E-state index contributed by atoms with van der Waals surface area (Å²) in [5.41, 5.74) is 0. The van der Waals surface area contributed by atoms with E-state index in [2.05, 4.69) is 0 Å². The Morgan fingerprint density at radius 1 is 0.769 bits per heavy atom. The van der Waals surface area contributed by atoms with E-state index in [0.29, 0.717) is 0 Å². The van der Waals surface area contributed by atoms with Crippen molar-refractivity contribution >= 4 is 17.9 Å². The molecule has 0 aromatic heterocycles. The van der Waals surface area contributed by atoms with Gasteiger partial charge in [-0.1, -0.05) is 0 Å². The molecule has 0 spiro atoms. The molecular formula is C6H13NaO6.